The molecule has 1 amide bonds. The molecule has 0 aliphatic carbocycles. The normalized spacial score (nSPS) is 10.0. The van der Waals surface area contributed by atoms with Crippen LogP contribution in [0, 0.1) is 0 Å². The van der Waals surface area contributed by atoms with Crippen LogP contribution in [0.4, 0.5) is 5.69 Å². The molecule has 0 aliphatic rings. The highest BCUT2D eigenvalue weighted by atomic mass is 35.5. The van der Waals surface area contributed by atoms with Crippen LogP contribution >= 0.6 is 12.4 Å². The highest BCUT2D eigenvalue weighted by Gasteiger charge is 2.12. The number of phenolic OH excluding ortho intramolecular Hbond substituents is 1. The van der Waals surface area contributed by atoms with E-state index >= 15 is 0 Å². The number of amides is 1. The van der Waals surface area contributed by atoms with E-state index in [0.29, 0.717) is 6.54 Å². The monoisotopic (exact) mass is 342 g/mol. The van der Waals surface area contributed by atoms with Crippen LogP contribution in [-0.2, 0) is 4.79 Å². The van der Waals surface area contributed by atoms with Crippen molar-refractivity contribution in [3.63, 3.8) is 0 Å². The first-order valence-corrected chi connectivity index (χ1v) is 8.48. The quantitative estimate of drug-likeness (QED) is 0.462. The summed E-state index contributed by atoms with van der Waals surface area (Å²) < 4.78 is 0. The van der Waals surface area contributed by atoms with Crippen LogP contribution in [0.25, 0.3) is 0 Å². The number of carbonyl (C=O) groups excluding carboxylic acids is 1. The van der Waals surface area contributed by atoms with Crippen LogP contribution in [0.1, 0.15) is 52.4 Å². The van der Waals surface area contributed by atoms with Crippen LogP contribution in [0.5, 0.6) is 5.75 Å². The number of unbranched alkanes of at least 4 members (excludes halogenated alkanes) is 4. The van der Waals surface area contributed by atoms with Gasteiger partial charge in [-0.3, -0.25) is 4.79 Å². The van der Waals surface area contributed by atoms with Crippen molar-refractivity contribution in [2.45, 2.75) is 52.4 Å². The second-order valence-electron chi connectivity index (χ2n) is 5.70. The van der Waals surface area contributed by atoms with Gasteiger partial charge in [0.05, 0.1) is 6.54 Å². The van der Waals surface area contributed by atoms with Gasteiger partial charge < -0.3 is 15.3 Å². The van der Waals surface area contributed by atoms with E-state index in [1.165, 1.54) is 25.7 Å². The number of nitrogens with zero attached hydrogens (tertiary/aromatic N) is 1. The van der Waals surface area contributed by atoms with Crippen LogP contribution in [-0.4, -0.2) is 35.5 Å². The first kappa shape index (κ1) is 21.6. The van der Waals surface area contributed by atoms with Gasteiger partial charge in [-0.25, -0.2) is 0 Å². The molecule has 0 atom stereocenters. The molecule has 1 aromatic carbocycles. The Morgan fingerprint density at radius 2 is 1.52 bits per heavy atom. The van der Waals surface area contributed by atoms with E-state index in [1.807, 2.05) is 4.90 Å². The summed E-state index contributed by atoms with van der Waals surface area (Å²) in [5, 5.41) is 12.4. The Bertz CT molecular complexity index is 414. The maximum absolute atomic E-state index is 12.4. The maximum Gasteiger partial charge on any atom is 0.241 e. The smallest absolute Gasteiger partial charge is 0.241 e. The summed E-state index contributed by atoms with van der Waals surface area (Å²) in [6.07, 6.45) is 6.83. The zero-order valence-electron chi connectivity index (χ0n) is 14.4. The lowest BCUT2D eigenvalue weighted by molar-refractivity contribution is -0.129. The lowest BCUT2D eigenvalue weighted by Crippen LogP contribution is -2.37. The largest absolute Gasteiger partial charge is 0.508 e. The highest BCUT2D eigenvalue weighted by molar-refractivity contribution is 5.85. The van der Waals surface area contributed by atoms with Gasteiger partial charge in [0.2, 0.25) is 5.91 Å². The van der Waals surface area contributed by atoms with E-state index < -0.39 is 0 Å². The molecule has 5 heteroatoms. The van der Waals surface area contributed by atoms with Crippen molar-refractivity contribution in [1.29, 1.82) is 0 Å². The minimum atomic E-state index is 0. The van der Waals surface area contributed by atoms with Gasteiger partial charge in [0.15, 0.2) is 0 Å². The average Bonchev–Trinajstić information content (AvgIpc) is 2.53. The summed E-state index contributed by atoms with van der Waals surface area (Å²) in [4.78, 5) is 14.4. The fourth-order valence-electron chi connectivity index (χ4n) is 2.34. The van der Waals surface area contributed by atoms with Crippen molar-refractivity contribution in [2.24, 2.45) is 0 Å². The molecular formula is C18H31ClN2O2. The molecule has 4 nitrogen and oxygen atoms in total. The number of aromatic hydroxyl groups is 1. The maximum atomic E-state index is 12.4. The molecule has 0 aliphatic heterocycles. The third kappa shape index (κ3) is 9.34. The van der Waals surface area contributed by atoms with Crippen molar-refractivity contribution in [3.8, 4) is 5.75 Å². The number of hydrogen-bond donors (Lipinski definition) is 2. The summed E-state index contributed by atoms with van der Waals surface area (Å²) in [5.74, 6) is 0.387. The fraction of sp³-hybridized carbons (Fsp3) is 0.611. The number of rotatable bonds is 11. The van der Waals surface area contributed by atoms with Crippen LogP contribution < -0.4 is 5.32 Å². The molecule has 0 bridgehead atoms. The minimum Gasteiger partial charge on any atom is -0.508 e. The first-order valence-electron chi connectivity index (χ1n) is 8.48. The molecule has 0 saturated heterocycles. The van der Waals surface area contributed by atoms with Gasteiger partial charge in [-0.15, -0.1) is 12.4 Å². The van der Waals surface area contributed by atoms with E-state index in [1.54, 1.807) is 24.3 Å². The zero-order chi connectivity index (χ0) is 16.2. The van der Waals surface area contributed by atoms with Gasteiger partial charge in [0, 0.05) is 18.8 Å². The minimum absolute atomic E-state index is 0. The van der Waals surface area contributed by atoms with Gasteiger partial charge in [0.1, 0.15) is 5.75 Å². The molecule has 0 unspecified atom stereocenters. The molecule has 0 fully saturated rings. The number of nitrogens with one attached hydrogen (secondary N) is 1. The third-order valence-corrected chi connectivity index (χ3v) is 3.73. The van der Waals surface area contributed by atoms with Crippen LogP contribution in [0.2, 0.25) is 0 Å². The Hall–Kier alpha value is -1.42. The Morgan fingerprint density at radius 1 is 1.00 bits per heavy atom. The van der Waals surface area contributed by atoms with Crippen molar-refractivity contribution >= 4 is 24.0 Å². The Morgan fingerprint density at radius 3 is 2.00 bits per heavy atom. The molecule has 0 aromatic heterocycles. The van der Waals surface area contributed by atoms with Crippen LogP contribution in [0.3, 0.4) is 0 Å². The number of phenols is 1. The molecule has 0 spiro atoms. The Balaban J connectivity index is 0.00000484. The SMILES string of the molecule is CCCCCN(CCCCC)C(=O)CNc1ccc(O)cc1.Cl. The molecule has 1 aromatic rings. The molecule has 23 heavy (non-hydrogen) atoms. The molecule has 132 valence electrons. The molecule has 0 radical (unpaired) electrons. The van der Waals surface area contributed by atoms with E-state index in [4.69, 9.17) is 0 Å². The Labute approximate surface area is 146 Å². The van der Waals surface area contributed by atoms with E-state index in [-0.39, 0.29) is 24.1 Å². The summed E-state index contributed by atoms with van der Waals surface area (Å²) in [7, 11) is 0. The van der Waals surface area contributed by atoms with Crippen molar-refractivity contribution in [3.05, 3.63) is 24.3 Å². The van der Waals surface area contributed by atoms with Crippen LogP contribution in [0.15, 0.2) is 24.3 Å². The topological polar surface area (TPSA) is 52.6 Å². The van der Waals surface area contributed by atoms with Gasteiger partial charge in [0.25, 0.3) is 0 Å². The predicted octanol–water partition coefficient (Wildman–Crippen LogP) is 4.43. The zero-order valence-corrected chi connectivity index (χ0v) is 15.2. The predicted molar refractivity (Wildman–Crippen MR) is 99.5 cm³/mol. The molecule has 0 saturated carbocycles. The molecule has 2 N–H and O–H groups in total. The summed E-state index contributed by atoms with van der Waals surface area (Å²) in [6.45, 7) is 6.37. The summed E-state index contributed by atoms with van der Waals surface area (Å²) in [5.41, 5.74) is 0.855. The van der Waals surface area contributed by atoms with Gasteiger partial charge in [-0.2, -0.15) is 0 Å². The molecular weight excluding hydrogens is 312 g/mol. The fourth-order valence-corrected chi connectivity index (χ4v) is 2.34. The second kappa shape index (κ2) is 13.1. The summed E-state index contributed by atoms with van der Waals surface area (Å²) in [6, 6.07) is 6.79. The van der Waals surface area contributed by atoms with Crippen molar-refractivity contribution < 1.29 is 9.90 Å². The number of carbonyl (C=O) groups is 1. The van der Waals surface area contributed by atoms with Gasteiger partial charge in [-0.05, 0) is 37.1 Å². The highest BCUT2D eigenvalue weighted by Crippen LogP contribution is 2.13. The Kier molecular flexibility index (Phi) is 12.3. The lowest BCUT2D eigenvalue weighted by atomic mass is 10.2. The van der Waals surface area contributed by atoms with Crippen molar-refractivity contribution in [2.75, 3.05) is 25.0 Å². The van der Waals surface area contributed by atoms with Gasteiger partial charge in [-0.1, -0.05) is 39.5 Å². The number of anilines is 1. The summed E-state index contributed by atoms with van der Waals surface area (Å²) >= 11 is 0. The van der Waals surface area contributed by atoms with E-state index in [2.05, 4.69) is 19.2 Å². The number of hydrogen-bond acceptors (Lipinski definition) is 3. The average molecular weight is 343 g/mol. The number of benzene rings is 1. The molecule has 0 heterocycles. The van der Waals surface area contributed by atoms with E-state index in [0.717, 1.165) is 31.6 Å². The van der Waals surface area contributed by atoms with Gasteiger partial charge >= 0.3 is 0 Å². The van der Waals surface area contributed by atoms with Crippen molar-refractivity contribution in [1.82, 2.24) is 4.90 Å². The number of halogens is 1. The third-order valence-electron chi connectivity index (χ3n) is 3.73. The lowest BCUT2D eigenvalue weighted by Gasteiger charge is -2.23. The second-order valence-corrected chi connectivity index (χ2v) is 5.70. The first-order chi connectivity index (χ1) is 10.7. The standard InChI is InChI=1S/C18H30N2O2.ClH/c1-3-5-7-13-20(14-8-6-4-2)18(22)15-19-16-9-11-17(21)12-10-16;/h9-12,19,21H,3-8,13-15H2,1-2H3;1H. The molecule has 1 rings (SSSR count). The van der Waals surface area contributed by atoms with E-state index in [9.17, 15) is 9.90 Å².